The zero-order valence-electron chi connectivity index (χ0n) is 10.3. The molecule has 1 aromatic rings. The third-order valence-corrected chi connectivity index (χ3v) is 3.08. The van der Waals surface area contributed by atoms with E-state index in [4.69, 9.17) is 0 Å². The number of likely N-dealkylation sites (N-methyl/N-ethyl adjacent to an activating group) is 1. The molecule has 0 heterocycles. The molecule has 0 bridgehead atoms. The molecule has 0 fully saturated rings. The van der Waals surface area contributed by atoms with Crippen molar-refractivity contribution in [2.24, 2.45) is 0 Å². The van der Waals surface area contributed by atoms with E-state index in [0.717, 1.165) is 11.1 Å². The predicted octanol–water partition coefficient (Wildman–Crippen LogP) is 1.94. The Morgan fingerprint density at radius 1 is 1.44 bits per heavy atom. The molecule has 16 heavy (non-hydrogen) atoms. The second-order valence-electron chi connectivity index (χ2n) is 4.64. The summed E-state index contributed by atoms with van der Waals surface area (Å²) < 4.78 is 0. The van der Waals surface area contributed by atoms with Crippen molar-refractivity contribution in [3.63, 3.8) is 0 Å². The van der Waals surface area contributed by atoms with Gasteiger partial charge >= 0.3 is 5.97 Å². The molecule has 1 N–H and O–H groups in total. The first-order chi connectivity index (χ1) is 7.36. The molecule has 1 unspecified atom stereocenters. The topological polar surface area (TPSA) is 40.5 Å². The molecule has 0 spiro atoms. The summed E-state index contributed by atoms with van der Waals surface area (Å²) in [6, 6.07) is 7.97. The van der Waals surface area contributed by atoms with E-state index in [9.17, 15) is 9.90 Å². The molecule has 1 rings (SSSR count). The minimum atomic E-state index is -0.853. The smallest absolute Gasteiger partial charge is 0.324 e. The van der Waals surface area contributed by atoms with Crippen molar-refractivity contribution in [3.8, 4) is 0 Å². The number of rotatable bonds is 4. The number of hydrogen-bond donors (Lipinski definition) is 1. The summed E-state index contributed by atoms with van der Waals surface area (Å²) in [5.74, 6) is -0.793. The van der Waals surface area contributed by atoms with Crippen LogP contribution >= 0.6 is 0 Å². The summed E-state index contributed by atoms with van der Waals surface area (Å²) in [7, 11) is 3.59. The van der Waals surface area contributed by atoms with Gasteiger partial charge in [-0.25, -0.2) is 0 Å². The fourth-order valence-electron chi connectivity index (χ4n) is 1.64. The molecule has 88 valence electrons. The summed E-state index contributed by atoms with van der Waals surface area (Å²) in [5.41, 5.74) is 1.36. The Kier molecular flexibility index (Phi) is 3.70. The normalized spacial score (nSPS) is 14.8. The maximum absolute atomic E-state index is 11.3. The lowest BCUT2D eigenvalue weighted by atomic mass is 9.91. The fraction of sp³-hybridized carbons (Fsp3) is 0.462. The lowest BCUT2D eigenvalue weighted by molar-refractivity contribution is -0.148. The van der Waals surface area contributed by atoms with E-state index >= 15 is 0 Å². The van der Waals surface area contributed by atoms with Gasteiger partial charge in [0.2, 0.25) is 0 Å². The SMILES string of the molecule is Cc1cccc(CC(C)(C(=O)O)N(C)C)c1. The Balaban J connectivity index is 2.97. The molecular weight excluding hydrogens is 202 g/mol. The van der Waals surface area contributed by atoms with Gasteiger partial charge in [0.1, 0.15) is 5.54 Å². The second kappa shape index (κ2) is 4.66. The van der Waals surface area contributed by atoms with Crippen LogP contribution in [-0.2, 0) is 11.2 Å². The molecule has 0 saturated heterocycles. The summed E-state index contributed by atoms with van der Waals surface area (Å²) in [4.78, 5) is 13.1. The van der Waals surface area contributed by atoms with Crippen LogP contribution < -0.4 is 0 Å². The van der Waals surface area contributed by atoms with Gasteiger partial charge in [0.25, 0.3) is 0 Å². The van der Waals surface area contributed by atoms with E-state index in [1.54, 1.807) is 25.9 Å². The summed E-state index contributed by atoms with van der Waals surface area (Å²) >= 11 is 0. The second-order valence-corrected chi connectivity index (χ2v) is 4.64. The number of aryl methyl sites for hydroxylation is 1. The standard InChI is InChI=1S/C13H19NO2/c1-10-6-5-7-11(8-10)9-13(2,12(15)16)14(3)4/h5-8H,9H2,1-4H3,(H,15,16). The zero-order chi connectivity index (χ0) is 12.3. The van der Waals surface area contributed by atoms with Crippen LogP contribution in [0.1, 0.15) is 18.1 Å². The summed E-state index contributed by atoms with van der Waals surface area (Å²) in [5, 5.41) is 9.29. The molecule has 0 aliphatic carbocycles. The quantitative estimate of drug-likeness (QED) is 0.844. The maximum Gasteiger partial charge on any atom is 0.324 e. The molecule has 0 aliphatic rings. The van der Waals surface area contributed by atoms with E-state index in [2.05, 4.69) is 0 Å². The van der Waals surface area contributed by atoms with Crippen LogP contribution in [0.15, 0.2) is 24.3 Å². The number of benzene rings is 1. The number of carboxylic acid groups (broad SMARTS) is 1. The molecule has 0 aliphatic heterocycles. The van der Waals surface area contributed by atoms with Gasteiger partial charge in [-0.05, 0) is 33.5 Å². The van der Waals surface area contributed by atoms with Gasteiger partial charge < -0.3 is 5.11 Å². The van der Waals surface area contributed by atoms with Crippen LogP contribution in [0.5, 0.6) is 0 Å². The molecule has 3 heteroatoms. The lowest BCUT2D eigenvalue weighted by Gasteiger charge is -2.32. The number of carbonyl (C=O) groups is 1. The fourth-order valence-corrected chi connectivity index (χ4v) is 1.64. The third kappa shape index (κ3) is 2.61. The molecular formula is C13H19NO2. The average Bonchev–Trinajstić information content (AvgIpc) is 2.16. The van der Waals surface area contributed by atoms with Gasteiger partial charge in [0.05, 0.1) is 0 Å². The van der Waals surface area contributed by atoms with Gasteiger partial charge in [-0.15, -0.1) is 0 Å². The average molecular weight is 221 g/mol. The molecule has 3 nitrogen and oxygen atoms in total. The number of hydrogen-bond acceptors (Lipinski definition) is 2. The summed E-state index contributed by atoms with van der Waals surface area (Å²) in [6.07, 6.45) is 0.511. The van der Waals surface area contributed by atoms with Crippen molar-refractivity contribution in [1.82, 2.24) is 4.90 Å². The van der Waals surface area contributed by atoms with Gasteiger partial charge in [-0.3, -0.25) is 9.69 Å². The Hall–Kier alpha value is -1.35. The first kappa shape index (κ1) is 12.7. The lowest BCUT2D eigenvalue weighted by Crippen LogP contribution is -2.50. The highest BCUT2D eigenvalue weighted by atomic mass is 16.4. The summed E-state index contributed by atoms with van der Waals surface area (Å²) in [6.45, 7) is 3.76. The van der Waals surface area contributed by atoms with Crippen LogP contribution in [0.4, 0.5) is 0 Å². The van der Waals surface area contributed by atoms with Crippen LogP contribution in [0.2, 0.25) is 0 Å². The zero-order valence-corrected chi connectivity index (χ0v) is 10.3. The van der Waals surface area contributed by atoms with Crippen molar-refractivity contribution < 1.29 is 9.90 Å². The molecule has 0 saturated carbocycles. The largest absolute Gasteiger partial charge is 0.480 e. The molecule has 1 aromatic carbocycles. The number of aliphatic carboxylic acids is 1. The van der Waals surface area contributed by atoms with Crippen LogP contribution in [0.25, 0.3) is 0 Å². The van der Waals surface area contributed by atoms with Crippen LogP contribution in [-0.4, -0.2) is 35.6 Å². The minimum absolute atomic E-state index is 0.511. The highest BCUT2D eigenvalue weighted by molar-refractivity contribution is 5.78. The Morgan fingerprint density at radius 2 is 2.06 bits per heavy atom. The van der Waals surface area contributed by atoms with Gasteiger partial charge in [0.15, 0.2) is 0 Å². The first-order valence-corrected chi connectivity index (χ1v) is 5.32. The molecule has 1 atom stereocenters. The van der Waals surface area contributed by atoms with Gasteiger partial charge in [0, 0.05) is 6.42 Å². The Morgan fingerprint density at radius 3 is 2.50 bits per heavy atom. The highest BCUT2D eigenvalue weighted by Gasteiger charge is 2.35. The van der Waals surface area contributed by atoms with E-state index in [-0.39, 0.29) is 0 Å². The van der Waals surface area contributed by atoms with Crippen LogP contribution in [0.3, 0.4) is 0 Å². The number of nitrogens with zero attached hydrogens (tertiary/aromatic N) is 1. The third-order valence-electron chi connectivity index (χ3n) is 3.08. The Labute approximate surface area is 96.7 Å². The predicted molar refractivity (Wildman–Crippen MR) is 64.6 cm³/mol. The van der Waals surface area contributed by atoms with E-state index in [1.165, 1.54) is 0 Å². The van der Waals surface area contributed by atoms with E-state index < -0.39 is 11.5 Å². The molecule has 0 amide bonds. The van der Waals surface area contributed by atoms with Crippen molar-refractivity contribution in [2.75, 3.05) is 14.1 Å². The molecule has 0 aromatic heterocycles. The maximum atomic E-state index is 11.3. The van der Waals surface area contributed by atoms with E-state index in [0.29, 0.717) is 6.42 Å². The minimum Gasteiger partial charge on any atom is -0.480 e. The highest BCUT2D eigenvalue weighted by Crippen LogP contribution is 2.19. The molecule has 0 radical (unpaired) electrons. The van der Waals surface area contributed by atoms with Crippen molar-refractivity contribution in [2.45, 2.75) is 25.8 Å². The first-order valence-electron chi connectivity index (χ1n) is 5.32. The monoisotopic (exact) mass is 221 g/mol. The number of carboxylic acids is 1. The van der Waals surface area contributed by atoms with Gasteiger partial charge in [-0.2, -0.15) is 0 Å². The Bertz CT molecular complexity index is 387. The van der Waals surface area contributed by atoms with Crippen molar-refractivity contribution in [1.29, 1.82) is 0 Å². The van der Waals surface area contributed by atoms with E-state index in [1.807, 2.05) is 31.2 Å². The van der Waals surface area contributed by atoms with Crippen molar-refractivity contribution >= 4 is 5.97 Å². The van der Waals surface area contributed by atoms with Crippen molar-refractivity contribution in [3.05, 3.63) is 35.4 Å². The van der Waals surface area contributed by atoms with Crippen LogP contribution in [0, 0.1) is 6.92 Å². The van der Waals surface area contributed by atoms with Gasteiger partial charge in [-0.1, -0.05) is 29.8 Å².